The maximum absolute atomic E-state index is 11.5. The molecule has 0 saturated carbocycles. The van der Waals surface area contributed by atoms with E-state index in [0.717, 1.165) is 4.57 Å². The lowest BCUT2D eigenvalue weighted by atomic mass is 10.8. The molecule has 1 rings (SSSR count). The molecule has 0 aromatic carbocycles. The fourth-order valence-electron chi connectivity index (χ4n) is 0.568. The molecule has 1 heterocycles. The van der Waals surface area contributed by atoms with Crippen LogP contribution in [-0.2, 0) is 4.74 Å². The van der Waals surface area contributed by atoms with Crippen LogP contribution in [0.3, 0.4) is 0 Å². The highest BCUT2D eigenvalue weighted by Crippen LogP contribution is 1.89. The van der Waals surface area contributed by atoms with E-state index >= 15 is 0 Å². The number of rotatable bonds is 2. The molecular formula is C6H7FN2O2. The number of aromatic nitrogens is 2. The van der Waals surface area contributed by atoms with Crippen LogP contribution in [0.15, 0.2) is 18.7 Å². The minimum atomic E-state index is -0.666. The van der Waals surface area contributed by atoms with Gasteiger partial charge in [-0.2, -0.15) is 0 Å². The Labute approximate surface area is 62.6 Å². The molecule has 1 aromatic rings. The minimum absolute atomic E-state index is 0.211. The largest absolute Gasteiger partial charge is 0.446 e. The Morgan fingerprint density at radius 3 is 3.09 bits per heavy atom. The first-order chi connectivity index (χ1) is 5.34. The Hall–Kier alpha value is -1.39. The summed E-state index contributed by atoms with van der Waals surface area (Å²) in [4.78, 5) is 14.4. The highest BCUT2D eigenvalue weighted by molar-refractivity contribution is 5.69. The van der Waals surface area contributed by atoms with Gasteiger partial charge in [0.25, 0.3) is 0 Å². The number of carbonyl (C=O) groups is 1. The number of imidazole rings is 1. The van der Waals surface area contributed by atoms with Crippen LogP contribution in [0.5, 0.6) is 0 Å². The summed E-state index contributed by atoms with van der Waals surface area (Å²) in [7, 11) is 0. The molecule has 0 aliphatic carbocycles. The molecule has 5 heteroatoms. The van der Waals surface area contributed by atoms with Crippen LogP contribution in [0.4, 0.5) is 9.18 Å². The number of halogens is 1. The summed E-state index contributed by atoms with van der Waals surface area (Å²) in [5, 5.41) is 0. The predicted octanol–water partition coefficient (Wildman–Crippen LogP) is 0.837. The first kappa shape index (κ1) is 7.71. The molecule has 60 valence electrons. The summed E-state index contributed by atoms with van der Waals surface area (Å²) in [6.07, 6.45) is 3.55. The van der Waals surface area contributed by atoms with Crippen LogP contribution < -0.4 is 0 Å². The molecule has 0 N–H and O–H groups in total. The van der Waals surface area contributed by atoms with E-state index in [1.165, 1.54) is 18.7 Å². The standard InChI is InChI=1S/C6H7FN2O2/c7-1-4-11-6(10)9-3-2-8-5-9/h2-3,5H,1,4H2. The third kappa shape index (κ3) is 2.03. The average Bonchev–Trinajstić information content (AvgIpc) is 2.52. The molecule has 0 atom stereocenters. The maximum atomic E-state index is 11.5. The summed E-state index contributed by atoms with van der Waals surface area (Å²) >= 11 is 0. The van der Waals surface area contributed by atoms with E-state index in [1.54, 1.807) is 0 Å². The van der Waals surface area contributed by atoms with Gasteiger partial charge >= 0.3 is 6.09 Å². The fourth-order valence-corrected chi connectivity index (χ4v) is 0.568. The van der Waals surface area contributed by atoms with E-state index in [2.05, 4.69) is 9.72 Å². The molecule has 0 radical (unpaired) electrons. The number of carbonyl (C=O) groups excluding carboxylic acids is 1. The van der Waals surface area contributed by atoms with Gasteiger partial charge in [-0.15, -0.1) is 0 Å². The monoisotopic (exact) mass is 158 g/mol. The molecule has 0 fully saturated rings. The number of alkyl halides is 1. The second-order valence-electron chi connectivity index (χ2n) is 1.77. The molecule has 0 saturated heterocycles. The Morgan fingerprint density at radius 1 is 1.73 bits per heavy atom. The van der Waals surface area contributed by atoms with Gasteiger partial charge < -0.3 is 4.74 Å². The van der Waals surface area contributed by atoms with Crippen molar-refractivity contribution >= 4 is 6.09 Å². The van der Waals surface area contributed by atoms with Crippen molar-refractivity contribution in [3.63, 3.8) is 0 Å². The van der Waals surface area contributed by atoms with Gasteiger partial charge in [-0.05, 0) is 0 Å². The average molecular weight is 158 g/mol. The summed E-state index contributed by atoms with van der Waals surface area (Å²) in [6, 6.07) is 0. The molecule has 0 aliphatic heterocycles. The maximum Gasteiger partial charge on any atom is 0.419 e. The van der Waals surface area contributed by atoms with E-state index in [9.17, 15) is 9.18 Å². The van der Waals surface area contributed by atoms with Crippen LogP contribution in [-0.4, -0.2) is 28.9 Å². The van der Waals surface area contributed by atoms with Crippen molar-refractivity contribution in [3.8, 4) is 0 Å². The highest BCUT2D eigenvalue weighted by Gasteiger charge is 2.02. The summed E-state index contributed by atoms with van der Waals surface area (Å²) < 4.78 is 17.1. The second-order valence-corrected chi connectivity index (χ2v) is 1.77. The summed E-state index contributed by atoms with van der Waals surface area (Å²) in [5.74, 6) is 0. The van der Waals surface area contributed by atoms with E-state index in [0.29, 0.717) is 0 Å². The molecule has 0 bridgehead atoms. The Bertz CT molecular complexity index is 222. The lowest BCUT2D eigenvalue weighted by Crippen LogP contribution is -2.13. The normalized spacial score (nSPS) is 9.55. The van der Waals surface area contributed by atoms with Gasteiger partial charge in [0.05, 0.1) is 0 Å². The molecule has 0 unspecified atom stereocenters. The quantitative estimate of drug-likeness (QED) is 0.640. The first-order valence-electron chi connectivity index (χ1n) is 3.05. The zero-order chi connectivity index (χ0) is 8.10. The van der Waals surface area contributed by atoms with E-state index in [1.807, 2.05) is 0 Å². The molecular weight excluding hydrogens is 151 g/mol. The van der Waals surface area contributed by atoms with Gasteiger partial charge in [-0.1, -0.05) is 0 Å². The van der Waals surface area contributed by atoms with Crippen molar-refractivity contribution in [1.82, 2.24) is 9.55 Å². The van der Waals surface area contributed by atoms with Crippen molar-refractivity contribution in [1.29, 1.82) is 0 Å². The summed E-state index contributed by atoms with van der Waals surface area (Å²) in [5.41, 5.74) is 0. The van der Waals surface area contributed by atoms with E-state index < -0.39 is 12.8 Å². The molecule has 1 aromatic heterocycles. The van der Waals surface area contributed by atoms with Crippen LogP contribution in [0.25, 0.3) is 0 Å². The molecule has 0 amide bonds. The van der Waals surface area contributed by atoms with Gasteiger partial charge in [-0.25, -0.2) is 18.7 Å². The molecule has 0 aliphatic rings. The van der Waals surface area contributed by atoms with Crippen LogP contribution in [0.2, 0.25) is 0 Å². The predicted molar refractivity (Wildman–Crippen MR) is 34.9 cm³/mol. The smallest absolute Gasteiger partial charge is 0.419 e. The zero-order valence-corrected chi connectivity index (χ0v) is 5.74. The second kappa shape index (κ2) is 3.70. The van der Waals surface area contributed by atoms with Crippen LogP contribution in [0, 0.1) is 0 Å². The Balaban J connectivity index is 2.43. The van der Waals surface area contributed by atoms with Crippen LogP contribution in [0.1, 0.15) is 0 Å². The van der Waals surface area contributed by atoms with Gasteiger partial charge in [0.1, 0.15) is 19.6 Å². The van der Waals surface area contributed by atoms with Crippen molar-refractivity contribution in [2.24, 2.45) is 0 Å². The van der Waals surface area contributed by atoms with Gasteiger partial charge in [0, 0.05) is 12.4 Å². The van der Waals surface area contributed by atoms with Gasteiger partial charge in [-0.3, -0.25) is 0 Å². The Kier molecular flexibility index (Phi) is 2.59. The lowest BCUT2D eigenvalue weighted by Gasteiger charge is -1.99. The molecule has 4 nitrogen and oxygen atoms in total. The molecule has 11 heavy (non-hydrogen) atoms. The van der Waals surface area contributed by atoms with Crippen molar-refractivity contribution in [2.75, 3.05) is 13.3 Å². The van der Waals surface area contributed by atoms with E-state index in [4.69, 9.17) is 0 Å². The van der Waals surface area contributed by atoms with Crippen molar-refractivity contribution < 1.29 is 13.9 Å². The minimum Gasteiger partial charge on any atom is -0.446 e. The number of hydrogen-bond acceptors (Lipinski definition) is 3. The third-order valence-corrected chi connectivity index (χ3v) is 1.02. The number of ether oxygens (including phenoxy) is 1. The zero-order valence-electron chi connectivity index (χ0n) is 5.74. The third-order valence-electron chi connectivity index (χ3n) is 1.02. The van der Waals surface area contributed by atoms with Crippen LogP contribution >= 0.6 is 0 Å². The fraction of sp³-hybridized carbons (Fsp3) is 0.333. The first-order valence-corrected chi connectivity index (χ1v) is 3.05. The van der Waals surface area contributed by atoms with E-state index in [-0.39, 0.29) is 6.61 Å². The molecule has 0 spiro atoms. The van der Waals surface area contributed by atoms with Gasteiger partial charge in [0.2, 0.25) is 0 Å². The van der Waals surface area contributed by atoms with Crippen molar-refractivity contribution in [3.05, 3.63) is 18.7 Å². The number of nitrogens with zero attached hydrogens (tertiary/aromatic N) is 2. The van der Waals surface area contributed by atoms with Gasteiger partial charge in [0.15, 0.2) is 0 Å². The number of hydrogen-bond donors (Lipinski definition) is 0. The lowest BCUT2D eigenvalue weighted by molar-refractivity contribution is 0.139. The highest BCUT2D eigenvalue weighted by atomic mass is 19.1. The SMILES string of the molecule is O=C(OCCF)n1ccnc1. The topological polar surface area (TPSA) is 44.1 Å². The Morgan fingerprint density at radius 2 is 2.55 bits per heavy atom. The van der Waals surface area contributed by atoms with Crippen molar-refractivity contribution in [2.45, 2.75) is 0 Å². The summed E-state index contributed by atoms with van der Waals surface area (Å²) in [6.45, 7) is -0.878.